The molecule has 1 fully saturated rings. The maximum atomic E-state index is 14.8. The lowest BCUT2D eigenvalue weighted by Gasteiger charge is -2.30. The van der Waals surface area contributed by atoms with Crippen molar-refractivity contribution in [2.75, 3.05) is 18.9 Å². The van der Waals surface area contributed by atoms with E-state index in [1.165, 1.54) is 16.5 Å². The number of anilines is 1. The molecule has 3 atom stereocenters. The molecule has 3 N–H and O–H groups in total. The summed E-state index contributed by atoms with van der Waals surface area (Å²) >= 11 is 6.05. The van der Waals surface area contributed by atoms with Gasteiger partial charge in [0.05, 0.1) is 10.4 Å². The second kappa shape index (κ2) is 6.41. The first-order valence-electron chi connectivity index (χ1n) is 10.0. The van der Waals surface area contributed by atoms with Crippen LogP contribution >= 0.6 is 11.6 Å². The molecular weight excluding hydrogens is 405 g/mol. The van der Waals surface area contributed by atoms with Crippen LogP contribution in [-0.2, 0) is 23.2 Å². The Bertz CT molecular complexity index is 1100. The monoisotopic (exact) mass is 427 g/mol. The highest BCUT2D eigenvalue weighted by Gasteiger charge is 2.74. The Kier molecular flexibility index (Phi) is 4.13. The Morgan fingerprint density at radius 3 is 2.97 bits per heavy atom. The fourth-order valence-electron chi connectivity index (χ4n) is 4.97. The average Bonchev–Trinajstić information content (AvgIpc) is 3.13. The average molecular weight is 428 g/mol. The van der Waals surface area contributed by atoms with Gasteiger partial charge in [-0.05, 0) is 61.9 Å². The Morgan fingerprint density at radius 2 is 2.17 bits per heavy atom. The molecule has 1 aromatic carbocycles. The molecule has 3 aliphatic rings. The van der Waals surface area contributed by atoms with Crippen LogP contribution in [0.4, 0.5) is 10.1 Å². The number of hydrogen-bond acceptors (Lipinski definition) is 5. The number of nitrogens with zero attached hydrogens (tertiary/aromatic N) is 3. The van der Waals surface area contributed by atoms with Gasteiger partial charge in [-0.1, -0.05) is 11.6 Å². The summed E-state index contributed by atoms with van der Waals surface area (Å²) in [6, 6.07) is 6.90. The molecule has 1 amide bonds. The first-order chi connectivity index (χ1) is 14.2. The van der Waals surface area contributed by atoms with Crippen LogP contribution in [0.15, 0.2) is 35.5 Å². The summed E-state index contributed by atoms with van der Waals surface area (Å²) in [6.45, 7) is 2.56. The number of benzene rings is 1. The number of aromatic nitrogens is 1. The highest BCUT2D eigenvalue weighted by molar-refractivity contribution is 6.30. The van der Waals surface area contributed by atoms with E-state index in [1.807, 2.05) is 13.0 Å². The van der Waals surface area contributed by atoms with Crippen LogP contribution in [0.5, 0.6) is 0 Å². The minimum Gasteiger partial charge on any atom is -0.385 e. The number of fused-ring (bicyclic) bond motifs is 2. The summed E-state index contributed by atoms with van der Waals surface area (Å²) in [5.74, 6) is 0.0259. The van der Waals surface area contributed by atoms with Crippen molar-refractivity contribution in [3.05, 3.63) is 58.1 Å². The maximum absolute atomic E-state index is 14.8. The van der Waals surface area contributed by atoms with Crippen LogP contribution < -0.4 is 11.1 Å². The van der Waals surface area contributed by atoms with Gasteiger partial charge >= 0.3 is 0 Å². The Hall–Kier alpha value is -2.67. The molecule has 2 aliphatic carbocycles. The van der Waals surface area contributed by atoms with Crippen LogP contribution in [0.25, 0.3) is 0 Å². The van der Waals surface area contributed by atoms with E-state index in [9.17, 15) is 9.18 Å². The number of nitrogens with one attached hydrogen (secondary N) is 1. The van der Waals surface area contributed by atoms with Crippen molar-refractivity contribution in [3.63, 3.8) is 0 Å². The van der Waals surface area contributed by atoms with Crippen molar-refractivity contribution >= 4 is 29.2 Å². The largest absolute Gasteiger partial charge is 0.385 e. The number of carbonyl (C=O) groups is 1. The molecule has 1 aromatic heterocycles. The van der Waals surface area contributed by atoms with Gasteiger partial charge in [0, 0.05) is 36.7 Å². The van der Waals surface area contributed by atoms with Crippen LogP contribution in [0, 0.1) is 17.2 Å². The fraction of sp³-hybridized carbons (Fsp3) is 0.409. The van der Waals surface area contributed by atoms with Gasteiger partial charge in [-0.25, -0.2) is 9.38 Å². The number of hydrogen-bond donors (Lipinski definition) is 2. The Morgan fingerprint density at radius 1 is 1.37 bits per heavy atom. The van der Waals surface area contributed by atoms with Gasteiger partial charge in [-0.3, -0.25) is 14.7 Å². The van der Waals surface area contributed by atoms with E-state index in [1.54, 1.807) is 25.4 Å². The van der Waals surface area contributed by atoms with Gasteiger partial charge < -0.3 is 11.1 Å². The van der Waals surface area contributed by atoms with Crippen LogP contribution in [-0.4, -0.2) is 35.3 Å². The fourth-order valence-corrected chi connectivity index (χ4v) is 5.15. The van der Waals surface area contributed by atoms with Crippen LogP contribution in [0.1, 0.15) is 30.2 Å². The molecule has 1 aliphatic heterocycles. The van der Waals surface area contributed by atoms with Crippen LogP contribution in [0.3, 0.4) is 0 Å². The molecule has 0 radical (unpaired) electrons. The van der Waals surface area contributed by atoms with Crippen molar-refractivity contribution < 1.29 is 9.18 Å². The zero-order chi connectivity index (χ0) is 21.3. The van der Waals surface area contributed by atoms with Gasteiger partial charge in [0.25, 0.3) is 0 Å². The molecule has 5 rings (SSSR count). The molecular formula is C22H23ClFN5O. The third-order valence-electron chi connectivity index (χ3n) is 6.85. The van der Waals surface area contributed by atoms with E-state index < -0.39 is 11.0 Å². The quantitative estimate of drug-likeness (QED) is 0.785. The number of guanidine groups is 1. The van der Waals surface area contributed by atoms with E-state index >= 15 is 0 Å². The molecule has 2 aromatic rings. The summed E-state index contributed by atoms with van der Waals surface area (Å²) in [5.41, 5.74) is 7.77. The second-order valence-corrected chi connectivity index (χ2v) is 9.25. The van der Waals surface area contributed by atoms with Crippen molar-refractivity contribution in [3.8, 4) is 0 Å². The molecule has 0 spiro atoms. The number of carbonyl (C=O) groups excluding carboxylic acids is 1. The van der Waals surface area contributed by atoms with Crippen molar-refractivity contribution in [1.82, 2.24) is 9.88 Å². The summed E-state index contributed by atoms with van der Waals surface area (Å²) in [5, 5.41) is 4.08. The number of halogens is 2. The van der Waals surface area contributed by atoms with E-state index in [2.05, 4.69) is 15.3 Å². The number of rotatable bonds is 4. The third kappa shape index (κ3) is 2.71. The van der Waals surface area contributed by atoms with E-state index in [0.29, 0.717) is 22.9 Å². The lowest BCUT2D eigenvalue weighted by atomic mass is 9.92. The zero-order valence-electron chi connectivity index (χ0n) is 16.9. The van der Waals surface area contributed by atoms with Crippen molar-refractivity contribution in [2.24, 2.45) is 22.1 Å². The zero-order valence-corrected chi connectivity index (χ0v) is 17.6. The Balaban J connectivity index is 1.36. The molecule has 0 saturated heterocycles. The standard InChI is InChI=1S/C22H23ClFN5O/c1-21-11-22(21,28-20(25)29(2)19(21)30)16-8-15(3-4-17(16)24)26-9-12-5-13-7-14(23)10-27-18(13)6-12/h3-4,7-8,10,12,26H,5-6,9,11H2,1-2H3,(H2,25,28)/t12?,21?,22-/m1/s1. The van der Waals surface area contributed by atoms with Crippen LogP contribution in [0.2, 0.25) is 5.02 Å². The smallest absolute Gasteiger partial charge is 0.237 e. The highest BCUT2D eigenvalue weighted by Crippen LogP contribution is 2.68. The first kappa shape index (κ1) is 19.3. The minimum atomic E-state index is -0.924. The van der Waals surface area contributed by atoms with Crippen molar-refractivity contribution in [2.45, 2.75) is 31.7 Å². The molecule has 156 valence electrons. The topological polar surface area (TPSA) is 83.6 Å². The molecule has 6 nitrogen and oxygen atoms in total. The molecule has 30 heavy (non-hydrogen) atoms. The van der Waals surface area contributed by atoms with E-state index in [0.717, 1.165) is 30.8 Å². The number of amides is 1. The maximum Gasteiger partial charge on any atom is 0.237 e. The predicted octanol–water partition coefficient (Wildman–Crippen LogP) is 3.09. The number of aliphatic imine (C=N–C) groups is 1. The van der Waals surface area contributed by atoms with Gasteiger partial charge in [0.2, 0.25) is 5.91 Å². The number of pyridine rings is 1. The highest BCUT2D eigenvalue weighted by atomic mass is 35.5. The SMILES string of the molecule is CN1C(=O)C2(C)C[C@]2(c2cc(NCC3Cc4cc(Cl)cnc4C3)ccc2F)N=C1N. The van der Waals surface area contributed by atoms with Crippen molar-refractivity contribution in [1.29, 1.82) is 0 Å². The molecule has 1 saturated carbocycles. The minimum absolute atomic E-state index is 0.123. The second-order valence-electron chi connectivity index (χ2n) is 8.81. The molecule has 2 heterocycles. The lowest BCUT2D eigenvalue weighted by molar-refractivity contribution is -0.132. The summed E-state index contributed by atoms with van der Waals surface area (Å²) in [6.07, 6.45) is 3.93. The normalized spacial score (nSPS) is 29.3. The molecule has 0 bridgehead atoms. The summed E-state index contributed by atoms with van der Waals surface area (Å²) in [7, 11) is 1.60. The summed E-state index contributed by atoms with van der Waals surface area (Å²) in [4.78, 5) is 23.0. The molecule has 8 heteroatoms. The van der Waals surface area contributed by atoms with E-state index in [-0.39, 0.29) is 17.7 Å². The van der Waals surface area contributed by atoms with Gasteiger partial charge in [-0.2, -0.15) is 0 Å². The molecule has 2 unspecified atom stereocenters. The Labute approximate surface area is 179 Å². The van der Waals surface area contributed by atoms with Gasteiger partial charge in [-0.15, -0.1) is 0 Å². The number of nitrogens with two attached hydrogens (primary N) is 1. The van der Waals surface area contributed by atoms with E-state index in [4.69, 9.17) is 17.3 Å². The third-order valence-corrected chi connectivity index (χ3v) is 7.05. The van der Waals surface area contributed by atoms with Gasteiger partial charge in [0.15, 0.2) is 5.96 Å². The lowest BCUT2D eigenvalue weighted by Crippen LogP contribution is -2.48. The summed E-state index contributed by atoms with van der Waals surface area (Å²) < 4.78 is 14.8. The first-order valence-corrected chi connectivity index (χ1v) is 10.4. The predicted molar refractivity (Wildman–Crippen MR) is 114 cm³/mol. The van der Waals surface area contributed by atoms with Gasteiger partial charge in [0.1, 0.15) is 11.4 Å².